The van der Waals surface area contributed by atoms with Gasteiger partial charge in [0.15, 0.2) is 19.7 Å². The highest BCUT2D eigenvalue weighted by Gasteiger charge is 2.52. The van der Waals surface area contributed by atoms with E-state index in [4.69, 9.17) is 0 Å². The van der Waals surface area contributed by atoms with E-state index in [0.29, 0.717) is 17.8 Å². The second-order valence-corrected chi connectivity index (χ2v) is 12.4. The molecule has 0 unspecified atom stereocenters. The summed E-state index contributed by atoms with van der Waals surface area (Å²) in [5, 5.41) is 0. The van der Waals surface area contributed by atoms with Gasteiger partial charge in [-0.3, -0.25) is 0 Å². The molecule has 0 aliphatic heterocycles. The van der Waals surface area contributed by atoms with Gasteiger partial charge in [0.2, 0.25) is 0 Å². The number of rotatable bonds is 3. The van der Waals surface area contributed by atoms with Gasteiger partial charge in [0.1, 0.15) is 0 Å². The summed E-state index contributed by atoms with van der Waals surface area (Å²) in [7, 11) is -6.90. The van der Waals surface area contributed by atoms with E-state index in [1.807, 2.05) is 0 Å². The van der Waals surface area contributed by atoms with Gasteiger partial charge in [0, 0.05) is 12.5 Å². The molecule has 6 heteroatoms. The molecule has 0 N–H and O–H groups in total. The van der Waals surface area contributed by atoms with Crippen LogP contribution in [0.5, 0.6) is 0 Å². The van der Waals surface area contributed by atoms with Crippen molar-refractivity contribution in [2.45, 2.75) is 53.7 Å². The summed E-state index contributed by atoms with van der Waals surface area (Å²) < 4.78 is 48.6. The van der Waals surface area contributed by atoms with E-state index in [1.165, 1.54) is 31.6 Å². The second-order valence-electron chi connectivity index (χ2n) is 8.40. The highest BCUT2D eigenvalue weighted by molar-refractivity contribution is 7.91. The minimum atomic E-state index is -3.47. The summed E-state index contributed by atoms with van der Waals surface area (Å²) in [5.41, 5.74) is 0.805. The van der Waals surface area contributed by atoms with Crippen molar-refractivity contribution in [3.63, 3.8) is 0 Å². The zero-order valence-electron chi connectivity index (χ0n) is 14.2. The van der Waals surface area contributed by atoms with Gasteiger partial charge in [0.05, 0.1) is 9.79 Å². The van der Waals surface area contributed by atoms with Crippen LogP contribution in [0.25, 0.3) is 0 Å². The SMILES string of the molecule is CS(=O)(=O)c1ccc(C23CC4CC(CC(C4)C2)C3)c(S(C)(=O)=O)c1. The van der Waals surface area contributed by atoms with Crippen molar-refractivity contribution in [1.82, 2.24) is 0 Å². The first kappa shape index (κ1) is 16.6. The molecule has 0 amide bonds. The molecule has 24 heavy (non-hydrogen) atoms. The third-order valence-corrected chi connectivity index (χ3v) is 8.64. The van der Waals surface area contributed by atoms with Gasteiger partial charge >= 0.3 is 0 Å². The summed E-state index contributed by atoms with van der Waals surface area (Å²) in [5.74, 6) is 2.12. The van der Waals surface area contributed by atoms with Gasteiger partial charge in [-0.05, 0) is 79.4 Å². The minimum absolute atomic E-state index is 0.0663. The van der Waals surface area contributed by atoms with Gasteiger partial charge in [-0.2, -0.15) is 0 Å². The zero-order chi connectivity index (χ0) is 17.3. The fourth-order valence-corrected chi connectivity index (χ4v) is 7.67. The monoisotopic (exact) mass is 368 g/mol. The summed E-state index contributed by atoms with van der Waals surface area (Å²) in [6.07, 6.45) is 9.34. The van der Waals surface area contributed by atoms with Crippen molar-refractivity contribution < 1.29 is 16.8 Å². The molecule has 4 fully saturated rings. The van der Waals surface area contributed by atoms with Crippen LogP contribution in [0.1, 0.15) is 44.1 Å². The van der Waals surface area contributed by atoms with Crippen LogP contribution in [0.4, 0.5) is 0 Å². The Bertz CT molecular complexity index is 862. The Hall–Kier alpha value is -0.880. The second kappa shape index (κ2) is 5.07. The Morgan fingerprint density at radius 1 is 0.833 bits per heavy atom. The van der Waals surface area contributed by atoms with E-state index in [1.54, 1.807) is 12.1 Å². The lowest BCUT2D eigenvalue weighted by Gasteiger charge is -2.57. The van der Waals surface area contributed by atoms with E-state index >= 15 is 0 Å². The van der Waals surface area contributed by atoms with Crippen LogP contribution < -0.4 is 0 Å². The summed E-state index contributed by atoms with van der Waals surface area (Å²) in [4.78, 5) is 0.323. The topological polar surface area (TPSA) is 68.3 Å². The molecule has 4 bridgehead atoms. The van der Waals surface area contributed by atoms with Gasteiger partial charge < -0.3 is 0 Å². The molecule has 4 saturated carbocycles. The Morgan fingerprint density at radius 3 is 1.75 bits per heavy atom. The Balaban J connectivity index is 1.89. The van der Waals surface area contributed by atoms with Crippen molar-refractivity contribution in [2.75, 3.05) is 12.5 Å². The Morgan fingerprint density at radius 2 is 1.33 bits per heavy atom. The Labute approximate surface area is 144 Å². The number of hydrogen-bond acceptors (Lipinski definition) is 4. The fourth-order valence-electron chi connectivity index (χ4n) is 5.92. The molecule has 1 aromatic carbocycles. The predicted molar refractivity (Wildman–Crippen MR) is 92.5 cm³/mol. The van der Waals surface area contributed by atoms with Crippen LogP contribution in [-0.2, 0) is 25.1 Å². The largest absolute Gasteiger partial charge is 0.224 e. The van der Waals surface area contributed by atoms with Crippen molar-refractivity contribution in [2.24, 2.45) is 17.8 Å². The molecule has 0 atom stereocenters. The van der Waals surface area contributed by atoms with Crippen LogP contribution in [0, 0.1) is 17.8 Å². The van der Waals surface area contributed by atoms with Crippen LogP contribution in [0.2, 0.25) is 0 Å². The number of sulfone groups is 2. The summed E-state index contributed by atoms with van der Waals surface area (Å²) >= 11 is 0. The van der Waals surface area contributed by atoms with Gasteiger partial charge in [0.25, 0.3) is 0 Å². The molecule has 0 saturated heterocycles. The molecular weight excluding hydrogens is 344 g/mol. The van der Waals surface area contributed by atoms with E-state index in [2.05, 4.69) is 0 Å². The molecular formula is C18H24O4S2. The van der Waals surface area contributed by atoms with Crippen LogP contribution in [0.15, 0.2) is 28.0 Å². The third kappa shape index (κ3) is 2.62. The van der Waals surface area contributed by atoms with Crippen LogP contribution in [-0.4, -0.2) is 29.3 Å². The van der Waals surface area contributed by atoms with E-state index in [0.717, 1.165) is 31.1 Å². The van der Waals surface area contributed by atoms with Crippen LogP contribution in [0.3, 0.4) is 0 Å². The quantitative estimate of drug-likeness (QED) is 0.822. The maximum atomic E-state index is 12.4. The van der Waals surface area contributed by atoms with Gasteiger partial charge in [-0.25, -0.2) is 16.8 Å². The highest BCUT2D eigenvalue weighted by Crippen LogP contribution is 2.61. The number of benzene rings is 1. The fraction of sp³-hybridized carbons (Fsp3) is 0.667. The lowest BCUT2D eigenvalue weighted by atomic mass is 9.48. The molecule has 1 aromatic rings. The summed E-state index contributed by atoms with van der Waals surface area (Å²) in [6, 6.07) is 4.77. The normalized spacial score (nSPS) is 35.3. The average Bonchev–Trinajstić information content (AvgIpc) is 2.43. The van der Waals surface area contributed by atoms with Crippen molar-refractivity contribution in [3.8, 4) is 0 Å². The van der Waals surface area contributed by atoms with E-state index in [-0.39, 0.29) is 15.2 Å². The Kier molecular flexibility index (Phi) is 3.50. The molecule has 0 aromatic heterocycles. The molecule has 4 aliphatic carbocycles. The summed E-state index contributed by atoms with van der Waals surface area (Å²) in [6.45, 7) is 0. The van der Waals surface area contributed by atoms with Crippen LogP contribution >= 0.6 is 0 Å². The highest BCUT2D eigenvalue weighted by atomic mass is 32.2. The molecule has 132 valence electrons. The molecule has 4 aliphatic rings. The van der Waals surface area contributed by atoms with Gasteiger partial charge in [-0.1, -0.05) is 6.07 Å². The molecule has 0 radical (unpaired) electrons. The molecule has 0 spiro atoms. The molecule has 5 rings (SSSR count). The maximum Gasteiger partial charge on any atom is 0.175 e. The first-order chi connectivity index (χ1) is 11.1. The van der Waals surface area contributed by atoms with E-state index < -0.39 is 19.7 Å². The van der Waals surface area contributed by atoms with Crippen molar-refractivity contribution >= 4 is 19.7 Å². The molecule has 0 heterocycles. The smallest absolute Gasteiger partial charge is 0.175 e. The third-order valence-electron chi connectivity index (χ3n) is 6.39. The lowest BCUT2D eigenvalue weighted by Crippen LogP contribution is -2.49. The van der Waals surface area contributed by atoms with E-state index in [9.17, 15) is 16.8 Å². The zero-order valence-corrected chi connectivity index (χ0v) is 15.8. The maximum absolute atomic E-state index is 12.4. The lowest BCUT2D eigenvalue weighted by molar-refractivity contribution is -0.00650. The molecule has 4 nitrogen and oxygen atoms in total. The average molecular weight is 369 g/mol. The predicted octanol–water partition coefficient (Wildman–Crippen LogP) is 2.96. The minimum Gasteiger partial charge on any atom is -0.224 e. The first-order valence-corrected chi connectivity index (χ1v) is 12.4. The standard InChI is InChI=1S/C18H24O4S2/c1-23(19,20)15-3-4-16(17(8-15)24(2,21)22)18-9-12-5-13(10-18)7-14(6-12)11-18/h3-4,8,12-14H,5-7,9-11H2,1-2H3. The van der Waals surface area contributed by atoms with Gasteiger partial charge in [-0.15, -0.1) is 0 Å². The van der Waals surface area contributed by atoms with Crippen molar-refractivity contribution in [1.29, 1.82) is 0 Å². The van der Waals surface area contributed by atoms with Crippen molar-refractivity contribution in [3.05, 3.63) is 23.8 Å². The number of hydrogen-bond donors (Lipinski definition) is 0. The first-order valence-electron chi connectivity index (χ1n) is 8.61.